The molecule has 0 spiro atoms. The molecule has 2 aromatic rings. The second-order valence-corrected chi connectivity index (χ2v) is 11.8. The van der Waals surface area contributed by atoms with E-state index in [9.17, 15) is 10.1 Å². The molecule has 0 aliphatic heterocycles. The summed E-state index contributed by atoms with van der Waals surface area (Å²) in [6, 6.07) is 15.9. The molecule has 6 nitrogen and oxygen atoms in total. The van der Waals surface area contributed by atoms with Gasteiger partial charge in [0.05, 0.1) is 35.6 Å². The molecule has 0 unspecified atom stereocenters. The average Bonchev–Trinajstić information content (AvgIpc) is 2.86. The van der Waals surface area contributed by atoms with Crippen LogP contribution < -0.4 is 4.90 Å². The molecule has 0 heterocycles. The summed E-state index contributed by atoms with van der Waals surface area (Å²) in [5, 5.41) is 17.1. The van der Waals surface area contributed by atoms with Crippen LogP contribution >= 0.6 is 0 Å². The number of aryl methyl sites for hydroxylation is 1. The van der Waals surface area contributed by atoms with Crippen LogP contribution in [0.3, 0.4) is 0 Å². The van der Waals surface area contributed by atoms with E-state index in [0.717, 1.165) is 28.9 Å². The fourth-order valence-corrected chi connectivity index (χ4v) is 5.67. The predicted molar refractivity (Wildman–Crippen MR) is 156 cm³/mol. The van der Waals surface area contributed by atoms with Crippen LogP contribution in [0.4, 0.5) is 11.4 Å². The summed E-state index contributed by atoms with van der Waals surface area (Å²) < 4.78 is 0. The molecule has 0 saturated carbocycles. The van der Waals surface area contributed by atoms with Crippen molar-refractivity contribution in [3.05, 3.63) is 100 Å². The Hall–Kier alpha value is -4.21. The molecule has 39 heavy (non-hydrogen) atoms. The van der Waals surface area contributed by atoms with Crippen LogP contribution in [0.2, 0.25) is 0 Å². The van der Waals surface area contributed by atoms with Crippen molar-refractivity contribution in [1.29, 1.82) is 10.7 Å². The Labute approximate surface area is 231 Å². The molecule has 0 radical (unpaired) electrons. The number of Topliss-reactive ketones (excluding diaryl/α,β-unsaturated/α-hetero) is 1. The molecule has 0 bridgehead atoms. The smallest absolute Gasteiger partial charge is 0.202 e. The lowest BCUT2D eigenvalue weighted by molar-refractivity contribution is -0.235. The highest BCUT2D eigenvalue weighted by Crippen LogP contribution is 2.44. The maximum Gasteiger partial charge on any atom is 0.202 e. The summed E-state index contributed by atoms with van der Waals surface area (Å²) in [6.45, 7) is 13.2. The Kier molecular flexibility index (Phi) is 7.50. The van der Waals surface area contributed by atoms with Crippen molar-refractivity contribution in [2.45, 2.75) is 53.5 Å². The van der Waals surface area contributed by atoms with Crippen molar-refractivity contribution < 1.29 is 14.6 Å². The van der Waals surface area contributed by atoms with Crippen LogP contribution in [0.25, 0.3) is 5.57 Å². The van der Waals surface area contributed by atoms with Crippen molar-refractivity contribution >= 4 is 28.4 Å². The second-order valence-electron chi connectivity index (χ2n) is 11.8. The zero-order valence-corrected chi connectivity index (χ0v) is 23.7. The van der Waals surface area contributed by atoms with Gasteiger partial charge < -0.3 is 15.2 Å². The molecule has 200 valence electrons. The SMILES string of the molecule is COOC1=C(c2ccc(N(c3ccc(C#N)cc3C)C(C)(C)CC(C)(C)C)cc2)C(=O)C1=C1C=CC(=N)C=C1. The van der Waals surface area contributed by atoms with Gasteiger partial charge in [0.25, 0.3) is 0 Å². The summed E-state index contributed by atoms with van der Waals surface area (Å²) in [5.41, 5.74) is 6.20. The van der Waals surface area contributed by atoms with Gasteiger partial charge in [-0.25, -0.2) is 0 Å². The number of hydrogen-bond donors (Lipinski definition) is 1. The third-order valence-electron chi connectivity index (χ3n) is 6.80. The van der Waals surface area contributed by atoms with Crippen LogP contribution in [0.15, 0.2) is 83.7 Å². The molecule has 6 heteroatoms. The lowest BCUT2D eigenvalue weighted by atomic mass is 9.79. The summed E-state index contributed by atoms with van der Waals surface area (Å²) in [6.07, 6.45) is 7.69. The molecule has 2 aromatic carbocycles. The number of allylic oxidation sites excluding steroid dienone is 7. The van der Waals surface area contributed by atoms with Crippen molar-refractivity contribution in [3.8, 4) is 6.07 Å². The Balaban J connectivity index is 1.78. The van der Waals surface area contributed by atoms with Crippen molar-refractivity contribution in [1.82, 2.24) is 0 Å². The van der Waals surface area contributed by atoms with Gasteiger partial charge in [-0.2, -0.15) is 10.1 Å². The number of carbonyl (C=O) groups excluding carboxylic acids is 1. The molecule has 2 aliphatic rings. The van der Waals surface area contributed by atoms with E-state index < -0.39 is 0 Å². The molecule has 4 rings (SSSR count). The molecular weight excluding hydrogens is 486 g/mol. The number of anilines is 2. The minimum Gasteiger partial charge on any atom is -0.336 e. The number of nitriles is 1. The van der Waals surface area contributed by atoms with E-state index in [1.54, 1.807) is 24.3 Å². The summed E-state index contributed by atoms with van der Waals surface area (Å²) >= 11 is 0. The van der Waals surface area contributed by atoms with Gasteiger partial charge in [-0.05, 0) is 91.8 Å². The van der Waals surface area contributed by atoms with Crippen molar-refractivity contribution in [3.63, 3.8) is 0 Å². The summed E-state index contributed by atoms with van der Waals surface area (Å²) in [7, 11) is 1.41. The van der Waals surface area contributed by atoms with Gasteiger partial charge in [0.2, 0.25) is 5.78 Å². The van der Waals surface area contributed by atoms with Gasteiger partial charge in [0.15, 0.2) is 5.76 Å². The number of benzene rings is 2. The zero-order valence-electron chi connectivity index (χ0n) is 23.7. The van der Waals surface area contributed by atoms with E-state index >= 15 is 0 Å². The summed E-state index contributed by atoms with van der Waals surface area (Å²) in [5.74, 6) is 0.265. The first-order valence-electron chi connectivity index (χ1n) is 13.0. The molecule has 0 amide bonds. The van der Waals surface area contributed by atoms with E-state index in [1.165, 1.54) is 7.11 Å². The monoisotopic (exact) mass is 521 g/mol. The first kappa shape index (κ1) is 27.8. The predicted octanol–water partition coefficient (Wildman–Crippen LogP) is 7.53. The van der Waals surface area contributed by atoms with Gasteiger partial charge in [0, 0.05) is 16.9 Å². The highest BCUT2D eigenvalue weighted by Gasteiger charge is 2.40. The number of ketones is 1. The Morgan fingerprint density at radius 1 is 0.949 bits per heavy atom. The number of carbonyl (C=O) groups is 1. The Morgan fingerprint density at radius 3 is 2.13 bits per heavy atom. The van der Waals surface area contributed by atoms with Crippen LogP contribution in [0, 0.1) is 29.1 Å². The van der Waals surface area contributed by atoms with Crippen LogP contribution in [-0.4, -0.2) is 24.1 Å². The quantitative estimate of drug-likeness (QED) is 0.231. The molecule has 0 saturated heterocycles. The molecule has 1 N–H and O–H groups in total. The maximum atomic E-state index is 13.3. The Bertz CT molecular complexity index is 1470. The fraction of sp³-hybridized carbons (Fsp3) is 0.303. The van der Waals surface area contributed by atoms with E-state index in [1.807, 2.05) is 49.4 Å². The normalized spacial score (nSPS) is 15.4. The first-order chi connectivity index (χ1) is 18.4. The van der Waals surface area contributed by atoms with Crippen LogP contribution in [-0.2, 0) is 14.6 Å². The number of nitrogens with one attached hydrogen (secondary N) is 1. The molecular formula is C33H35N3O3. The van der Waals surface area contributed by atoms with E-state index in [-0.39, 0.29) is 16.7 Å². The topological polar surface area (TPSA) is 86.4 Å². The van der Waals surface area contributed by atoms with Gasteiger partial charge >= 0.3 is 0 Å². The number of hydrogen-bond acceptors (Lipinski definition) is 6. The molecule has 0 aromatic heterocycles. The van der Waals surface area contributed by atoms with Gasteiger partial charge in [-0.3, -0.25) is 4.79 Å². The van der Waals surface area contributed by atoms with Gasteiger partial charge in [0.1, 0.15) is 0 Å². The molecule has 0 fully saturated rings. The minimum atomic E-state index is -0.250. The van der Waals surface area contributed by atoms with Crippen molar-refractivity contribution in [2.24, 2.45) is 5.41 Å². The highest BCUT2D eigenvalue weighted by atomic mass is 17.2. The molecule has 0 atom stereocenters. The third-order valence-corrected chi connectivity index (χ3v) is 6.80. The van der Waals surface area contributed by atoms with E-state index in [2.05, 4.69) is 45.6 Å². The average molecular weight is 522 g/mol. The highest BCUT2D eigenvalue weighted by molar-refractivity contribution is 6.39. The zero-order chi connectivity index (χ0) is 28.5. The van der Waals surface area contributed by atoms with Gasteiger partial charge in [-0.1, -0.05) is 45.1 Å². The van der Waals surface area contributed by atoms with Crippen molar-refractivity contribution in [2.75, 3.05) is 12.0 Å². The Morgan fingerprint density at radius 2 is 1.59 bits per heavy atom. The number of nitrogens with zero attached hydrogens (tertiary/aromatic N) is 2. The lowest BCUT2D eigenvalue weighted by Gasteiger charge is -2.44. The lowest BCUT2D eigenvalue weighted by Crippen LogP contribution is -2.44. The standard InChI is InChI=1S/C33H35N3O3/c1-21-18-22(19-34)8-17-27(21)36(33(5,6)20-32(2,3)4)26-15-11-24(12-16-26)29-30(37)28(31(29)39-38-7)23-9-13-25(35)14-10-23/h8-18,35H,20H2,1-7H3. The maximum absolute atomic E-state index is 13.3. The van der Waals surface area contributed by atoms with E-state index in [4.69, 9.17) is 15.2 Å². The van der Waals surface area contributed by atoms with Crippen LogP contribution in [0.1, 0.15) is 57.7 Å². The third kappa shape index (κ3) is 5.64. The van der Waals surface area contributed by atoms with Crippen LogP contribution in [0.5, 0.6) is 0 Å². The molecule has 2 aliphatic carbocycles. The first-order valence-corrected chi connectivity index (χ1v) is 13.0. The van der Waals surface area contributed by atoms with E-state index in [0.29, 0.717) is 33.8 Å². The fourth-order valence-electron chi connectivity index (χ4n) is 5.67. The summed E-state index contributed by atoms with van der Waals surface area (Å²) in [4.78, 5) is 26.0. The largest absolute Gasteiger partial charge is 0.336 e. The minimum absolute atomic E-state index is 0.0855. The number of rotatable bonds is 7. The second kappa shape index (κ2) is 10.5. The van der Waals surface area contributed by atoms with Gasteiger partial charge in [-0.15, -0.1) is 0 Å².